The fourth-order valence-electron chi connectivity index (χ4n) is 6.57. The van der Waals surface area contributed by atoms with Crippen LogP contribution >= 0.6 is 0 Å². The van der Waals surface area contributed by atoms with Crippen LogP contribution in [0.3, 0.4) is 0 Å². The van der Waals surface area contributed by atoms with Gasteiger partial charge in [-0.25, -0.2) is 0 Å². The zero-order chi connectivity index (χ0) is 22.6. The fraction of sp³-hybridized carbons (Fsp3) is 0.800. The van der Waals surface area contributed by atoms with Crippen LogP contribution in [-0.2, 0) is 11.2 Å². The summed E-state index contributed by atoms with van der Waals surface area (Å²) in [5.41, 5.74) is 3.12. The average Bonchev–Trinajstić information content (AvgIpc) is 2.85. The van der Waals surface area contributed by atoms with Crippen molar-refractivity contribution in [3.05, 3.63) is 35.4 Å². The lowest BCUT2D eigenvalue weighted by Crippen LogP contribution is -2.25. The highest BCUT2D eigenvalue weighted by molar-refractivity contribution is 5.26. The van der Waals surface area contributed by atoms with Crippen molar-refractivity contribution in [1.29, 1.82) is 0 Å². The highest BCUT2D eigenvalue weighted by Gasteiger charge is 2.31. The first-order valence-electron chi connectivity index (χ1n) is 13.9. The van der Waals surface area contributed by atoms with Crippen LogP contribution in [0.25, 0.3) is 0 Å². The van der Waals surface area contributed by atoms with Crippen molar-refractivity contribution in [3.8, 4) is 0 Å². The molecule has 1 N–H and O–H groups in total. The van der Waals surface area contributed by atoms with Gasteiger partial charge in [-0.05, 0) is 92.6 Å². The van der Waals surface area contributed by atoms with E-state index in [2.05, 4.69) is 31.2 Å². The van der Waals surface area contributed by atoms with Gasteiger partial charge in [-0.1, -0.05) is 69.7 Å². The summed E-state index contributed by atoms with van der Waals surface area (Å²) in [6, 6.07) is 9.67. The molecule has 1 aromatic carbocycles. The van der Waals surface area contributed by atoms with E-state index in [0.717, 1.165) is 30.1 Å². The summed E-state index contributed by atoms with van der Waals surface area (Å²) in [5.74, 6) is 4.05. The van der Waals surface area contributed by atoms with E-state index >= 15 is 0 Å². The molecule has 0 spiro atoms. The number of benzene rings is 1. The Morgan fingerprint density at radius 1 is 0.875 bits per heavy atom. The lowest BCUT2D eigenvalue weighted by molar-refractivity contribution is 0.101. The van der Waals surface area contributed by atoms with Crippen LogP contribution in [-0.4, -0.2) is 25.4 Å². The van der Waals surface area contributed by atoms with E-state index in [0.29, 0.717) is 12.5 Å². The van der Waals surface area contributed by atoms with Crippen LogP contribution in [0.1, 0.15) is 114 Å². The number of hydrogen-bond donors (Lipinski definition) is 1. The average molecular weight is 443 g/mol. The van der Waals surface area contributed by atoms with Gasteiger partial charge < -0.3 is 9.84 Å². The van der Waals surface area contributed by atoms with E-state index in [1.54, 1.807) is 12.7 Å². The van der Waals surface area contributed by atoms with E-state index in [4.69, 9.17) is 4.74 Å². The largest absolute Gasteiger partial charge is 0.396 e. The molecule has 0 heterocycles. The van der Waals surface area contributed by atoms with E-state index in [1.165, 1.54) is 95.5 Å². The van der Waals surface area contributed by atoms with Gasteiger partial charge in [0, 0.05) is 19.6 Å². The molecule has 2 aliphatic rings. The molecule has 0 saturated heterocycles. The molecule has 1 atom stereocenters. The minimum Gasteiger partial charge on any atom is -0.396 e. The molecule has 2 heteroatoms. The van der Waals surface area contributed by atoms with Crippen molar-refractivity contribution in [3.63, 3.8) is 0 Å². The first-order chi connectivity index (χ1) is 15.7. The maximum atomic E-state index is 9.44. The molecule has 1 unspecified atom stereocenters. The van der Waals surface area contributed by atoms with Gasteiger partial charge in [-0.2, -0.15) is 0 Å². The minimum atomic E-state index is 0.270. The molecule has 0 amide bonds. The lowest BCUT2D eigenvalue weighted by Gasteiger charge is -2.38. The second kappa shape index (κ2) is 14.4. The summed E-state index contributed by atoms with van der Waals surface area (Å²) in [6.07, 6.45) is 20.5. The number of hydrogen-bond acceptors (Lipinski definition) is 2. The quantitative estimate of drug-likeness (QED) is 0.314. The highest BCUT2D eigenvalue weighted by Crippen LogP contribution is 2.44. The number of methoxy groups -OCH3 is 1. The number of unbranched alkanes of at least 4 members (excludes halogenated alkanes) is 2. The topological polar surface area (TPSA) is 29.5 Å². The number of aliphatic hydroxyl groups excluding tert-OH is 1. The molecule has 1 aromatic rings. The zero-order valence-corrected chi connectivity index (χ0v) is 21.1. The zero-order valence-electron chi connectivity index (χ0n) is 21.1. The summed E-state index contributed by atoms with van der Waals surface area (Å²) in [5, 5.41) is 9.44. The third-order valence-corrected chi connectivity index (χ3v) is 8.74. The Balaban J connectivity index is 1.33. The van der Waals surface area contributed by atoms with Gasteiger partial charge in [0.15, 0.2) is 0 Å². The van der Waals surface area contributed by atoms with Crippen LogP contribution in [0.4, 0.5) is 0 Å². The maximum Gasteiger partial charge on any atom is 0.0512 e. The minimum absolute atomic E-state index is 0.270. The Kier molecular flexibility index (Phi) is 11.6. The maximum absolute atomic E-state index is 9.44. The predicted octanol–water partition coefficient (Wildman–Crippen LogP) is 7.92. The third-order valence-electron chi connectivity index (χ3n) is 8.74. The van der Waals surface area contributed by atoms with Gasteiger partial charge in [0.2, 0.25) is 0 Å². The number of rotatable bonds is 13. The second-order valence-corrected chi connectivity index (χ2v) is 11.0. The second-order valence-electron chi connectivity index (χ2n) is 11.0. The molecular formula is C30H50O2. The van der Waals surface area contributed by atoms with Gasteiger partial charge in [0.25, 0.3) is 0 Å². The van der Waals surface area contributed by atoms with Gasteiger partial charge in [0.1, 0.15) is 0 Å². The molecule has 182 valence electrons. The normalized spacial score (nSPS) is 27.3. The first kappa shape index (κ1) is 25.8. The predicted molar refractivity (Wildman–Crippen MR) is 136 cm³/mol. The number of aliphatic hydroxyl groups is 1. The summed E-state index contributed by atoms with van der Waals surface area (Å²) < 4.78 is 5.22. The molecule has 0 aliphatic heterocycles. The SMILES string of the molecule is CCCCCc1ccc(C2CCC(C3CCC(CCCC(CO)COC)CC3)CC2)cc1. The van der Waals surface area contributed by atoms with Crippen molar-refractivity contribution in [2.24, 2.45) is 23.7 Å². The lowest BCUT2D eigenvalue weighted by atomic mass is 9.68. The molecule has 2 aliphatic carbocycles. The smallest absolute Gasteiger partial charge is 0.0512 e. The summed E-state index contributed by atoms with van der Waals surface area (Å²) >= 11 is 0. The van der Waals surface area contributed by atoms with Gasteiger partial charge >= 0.3 is 0 Å². The van der Waals surface area contributed by atoms with E-state index in [1.807, 2.05) is 0 Å². The standard InChI is InChI=1S/C30H50O2/c1-3-4-5-7-24-10-14-27(15-11-24)29-18-20-30(21-19-29)28-16-12-25(13-17-28)8-6-9-26(22-31)23-32-2/h10-11,14-15,25-26,28-31H,3-9,12-13,16-23H2,1-2H3. The van der Waals surface area contributed by atoms with Crippen molar-refractivity contribution < 1.29 is 9.84 Å². The molecule has 2 nitrogen and oxygen atoms in total. The van der Waals surface area contributed by atoms with Crippen LogP contribution in [0.5, 0.6) is 0 Å². The molecule has 32 heavy (non-hydrogen) atoms. The Morgan fingerprint density at radius 2 is 1.53 bits per heavy atom. The van der Waals surface area contributed by atoms with E-state index < -0.39 is 0 Å². The van der Waals surface area contributed by atoms with Crippen molar-refractivity contribution >= 4 is 0 Å². The molecule has 2 fully saturated rings. The first-order valence-corrected chi connectivity index (χ1v) is 13.9. The van der Waals surface area contributed by atoms with Gasteiger partial charge in [-0.3, -0.25) is 0 Å². The van der Waals surface area contributed by atoms with Crippen molar-refractivity contribution in [2.45, 2.75) is 109 Å². The third kappa shape index (κ3) is 8.17. The van der Waals surface area contributed by atoms with E-state index in [-0.39, 0.29) is 6.61 Å². The number of ether oxygens (including phenoxy) is 1. The summed E-state index contributed by atoms with van der Waals surface area (Å²) in [7, 11) is 1.74. The van der Waals surface area contributed by atoms with Crippen LogP contribution in [0.2, 0.25) is 0 Å². The van der Waals surface area contributed by atoms with Crippen LogP contribution < -0.4 is 0 Å². The molecule has 2 saturated carbocycles. The fourth-order valence-corrected chi connectivity index (χ4v) is 6.57. The molecular weight excluding hydrogens is 392 g/mol. The summed E-state index contributed by atoms with van der Waals surface area (Å²) in [4.78, 5) is 0. The molecule has 0 radical (unpaired) electrons. The Hall–Kier alpha value is -0.860. The number of aryl methyl sites for hydroxylation is 1. The van der Waals surface area contributed by atoms with E-state index in [9.17, 15) is 5.11 Å². The molecule has 0 bridgehead atoms. The Labute approximate surface area is 198 Å². The van der Waals surface area contributed by atoms with Gasteiger partial charge in [-0.15, -0.1) is 0 Å². The highest BCUT2D eigenvalue weighted by atomic mass is 16.5. The monoisotopic (exact) mass is 442 g/mol. The van der Waals surface area contributed by atoms with Crippen molar-refractivity contribution in [2.75, 3.05) is 20.3 Å². The van der Waals surface area contributed by atoms with Crippen LogP contribution in [0, 0.1) is 23.7 Å². The Morgan fingerprint density at radius 3 is 2.12 bits per heavy atom. The molecule has 3 rings (SSSR count). The van der Waals surface area contributed by atoms with Crippen LogP contribution in [0.15, 0.2) is 24.3 Å². The summed E-state index contributed by atoms with van der Waals surface area (Å²) in [6.45, 7) is 3.26. The van der Waals surface area contributed by atoms with Gasteiger partial charge in [0.05, 0.1) is 6.61 Å². The Bertz CT molecular complexity index is 594. The van der Waals surface area contributed by atoms with Crippen molar-refractivity contribution in [1.82, 2.24) is 0 Å². The molecule has 0 aromatic heterocycles.